The minimum Gasteiger partial charge on any atom is -0.429 e. The highest BCUT2D eigenvalue weighted by molar-refractivity contribution is 6.31. The van der Waals surface area contributed by atoms with Crippen molar-refractivity contribution in [3.05, 3.63) is 82.1 Å². The van der Waals surface area contributed by atoms with Gasteiger partial charge in [0.05, 0.1) is 0 Å². The molecule has 1 heterocycles. The minimum atomic E-state index is -1.03. The highest BCUT2D eigenvalue weighted by Crippen LogP contribution is 2.42. The van der Waals surface area contributed by atoms with Crippen molar-refractivity contribution < 1.29 is 19.1 Å². The molecule has 2 aliphatic rings. The number of ketones is 1. The third-order valence-electron chi connectivity index (χ3n) is 5.09. The summed E-state index contributed by atoms with van der Waals surface area (Å²) in [6.07, 6.45) is 1.55. The topological polar surface area (TPSA) is 72.5 Å². The van der Waals surface area contributed by atoms with Crippen molar-refractivity contribution in [1.29, 1.82) is 0 Å². The van der Waals surface area contributed by atoms with Crippen molar-refractivity contribution in [3.63, 3.8) is 0 Å². The Morgan fingerprint density at radius 2 is 1.71 bits per heavy atom. The molecule has 4 rings (SSSR count). The van der Waals surface area contributed by atoms with Gasteiger partial charge in [-0.1, -0.05) is 48.0 Å². The first-order chi connectivity index (χ1) is 13.6. The third-order valence-corrected chi connectivity index (χ3v) is 5.44. The molecule has 0 aromatic heterocycles. The van der Waals surface area contributed by atoms with E-state index in [1.165, 1.54) is 0 Å². The lowest BCUT2D eigenvalue weighted by Crippen LogP contribution is -2.50. The first-order valence-corrected chi connectivity index (χ1v) is 9.52. The predicted octanol–water partition coefficient (Wildman–Crippen LogP) is 3.79. The van der Waals surface area contributed by atoms with Gasteiger partial charge >= 0.3 is 5.97 Å². The van der Waals surface area contributed by atoms with Gasteiger partial charge in [-0.15, -0.1) is 0 Å². The molecule has 0 radical (unpaired) electrons. The summed E-state index contributed by atoms with van der Waals surface area (Å²) in [5, 5.41) is 3.19. The molecule has 1 aliphatic heterocycles. The number of ether oxygens (including phenoxy) is 1. The van der Waals surface area contributed by atoms with Crippen LogP contribution < -0.4 is 5.32 Å². The lowest BCUT2D eigenvalue weighted by molar-refractivity contribution is -0.144. The van der Waals surface area contributed by atoms with Crippen LogP contribution in [-0.2, 0) is 14.3 Å². The standard InChI is InChI=1S/C22H18ClNO4/c23-15-10-5-4-9-14(15)18-19-16(25)11-6-12-17(19)28-22(27)20(18)24-21(26)13-7-2-1-3-8-13/h1-5,7-10,18,20H,6,11-12H2,(H,24,26). The van der Waals surface area contributed by atoms with Gasteiger partial charge in [-0.25, -0.2) is 4.79 Å². The van der Waals surface area contributed by atoms with Gasteiger partial charge < -0.3 is 10.1 Å². The maximum Gasteiger partial charge on any atom is 0.334 e. The number of hydrogen-bond donors (Lipinski definition) is 1. The summed E-state index contributed by atoms with van der Waals surface area (Å²) in [5.74, 6) is -1.34. The van der Waals surface area contributed by atoms with Crippen LogP contribution in [0.25, 0.3) is 0 Å². The molecule has 1 amide bonds. The van der Waals surface area contributed by atoms with Crippen molar-refractivity contribution >= 4 is 29.3 Å². The Kier molecular flexibility index (Phi) is 5.01. The summed E-state index contributed by atoms with van der Waals surface area (Å²) in [6, 6.07) is 14.6. The molecule has 0 bridgehead atoms. The molecule has 0 saturated heterocycles. The van der Waals surface area contributed by atoms with Gasteiger partial charge in [0, 0.05) is 34.9 Å². The van der Waals surface area contributed by atoms with E-state index in [-0.39, 0.29) is 5.78 Å². The minimum absolute atomic E-state index is 0.0716. The number of carbonyl (C=O) groups excluding carboxylic acids is 3. The monoisotopic (exact) mass is 395 g/mol. The number of carbonyl (C=O) groups is 3. The smallest absolute Gasteiger partial charge is 0.334 e. The number of hydrogen-bond acceptors (Lipinski definition) is 4. The first kappa shape index (κ1) is 18.4. The molecule has 1 N–H and O–H groups in total. The number of benzene rings is 2. The molecule has 2 aromatic carbocycles. The zero-order valence-electron chi connectivity index (χ0n) is 15.0. The van der Waals surface area contributed by atoms with Crippen molar-refractivity contribution in [2.45, 2.75) is 31.2 Å². The second kappa shape index (κ2) is 7.60. The van der Waals surface area contributed by atoms with Crippen molar-refractivity contribution in [3.8, 4) is 0 Å². The van der Waals surface area contributed by atoms with Gasteiger partial charge in [-0.05, 0) is 30.2 Å². The number of halogens is 1. The Bertz CT molecular complexity index is 983. The van der Waals surface area contributed by atoms with E-state index in [0.717, 1.165) is 0 Å². The van der Waals surface area contributed by atoms with Crippen LogP contribution in [0.1, 0.15) is 41.1 Å². The zero-order valence-corrected chi connectivity index (χ0v) is 15.7. The van der Waals surface area contributed by atoms with Gasteiger partial charge in [-0.3, -0.25) is 9.59 Å². The summed E-state index contributed by atoms with van der Waals surface area (Å²) in [6.45, 7) is 0. The average molecular weight is 396 g/mol. The fraction of sp³-hybridized carbons (Fsp3) is 0.227. The maximum atomic E-state index is 12.8. The van der Waals surface area contributed by atoms with E-state index >= 15 is 0 Å². The summed E-state index contributed by atoms with van der Waals surface area (Å²) in [5.41, 5.74) is 1.49. The van der Waals surface area contributed by atoms with E-state index in [1.54, 1.807) is 54.6 Å². The summed E-state index contributed by atoms with van der Waals surface area (Å²) < 4.78 is 5.46. The third kappa shape index (κ3) is 3.34. The van der Waals surface area contributed by atoms with Crippen LogP contribution in [0.5, 0.6) is 0 Å². The maximum absolute atomic E-state index is 12.8. The first-order valence-electron chi connectivity index (χ1n) is 9.14. The van der Waals surface area contributed by atoms with E-state index in [0.29, 0.717) is 46.7 Å². The van der Waals surface area contributed by atoms with E-state index in [2.05, 4.69) is 5.32 Å². The van der Waals surface area contributed by atoms with Crippen LogP contribution in [0, 0.1) is 0 Å². The SMILES string of the molecule is O=C1CCCC2=C1C(c1ccccc1Cl)C(NC(=O)c1ccccc1)C(=O)O2. The van der Waals surface area contributed by atoms with E-state index < -0.39 is 23.8 Å². The molecule has 1 aliphatic carbocycles. The molecule has 0 spiro atoms. The highest BCUT2D eigenvalue weighted by atomic mass is 35.5. The fourth-order valence-corrected chi connectivity index (χ4v) is 4.05. The second-order valence-electron chi connectivity index (χ2n) is 6.85. The number of Topliss-reactive ketones (excluding diaryl/α,β-unsaturated/α-hetero) is 1. The van der Waals surface area contributed by atoms with Crippen LogP contribution in [0.15, 0.2) is 65.9 Å². The van der Waals surface area contributed by atoms with Crippen LogP contribution in [-0.4, -0.2) is 23.7 Å². The Morgan fingerprint density at radius 1 is 1.00 bits per heavy atom. The predicted molar refractivity (Wildman–Crippen MR) is 104 cm³/mol. The van der Waals surface area contributed by atoms with E-state index in [1.807, 2.05) is 0 Å². The Hall–Kier alpha value is -2.92. The van der Waals surface area contributed by atoms with Crippen LogP contribution in [0.4, 0.5) is 0 Å². The van der Waals surface area contributed by atoms with Crippen LogP contribution >= 0.6 is 11.6 Å². The number of nitrogens with one attached hydrogen (secondary N) is 1. The van der Waals surface area contributed by atoms with Gasteiger partial charge in [-0.2, -0.15) is 0 Å². The quantitative estimate of drug-likeness (QED) is 0.802. The largest absolute Gasteiger partial charge is 0.429 e. The normalized spacial score (nSPS) is 21.8. The molecule has 142 valence electrons. The highest BCUT2D eigenvalue weighted by Gasteiger charge is 2.45. The molecule has 2 atom stereocenters. The number of esters is 1. The van der Waals surface area contributed by atoms with Gasteiger partial charge in [0.2, 0.25) is 0 Å². The number of allylic oxidation sites excluding steroid dienone is 1. The van der Waals surface area contributed by atoms with Crippen LogP contribution in [0.3, 0.4) is 0 Å². The summed E-state index contributed by atoms with van der Waals surface area (Å²) in [4.78, 5) is 38.2. The molecule has 5 nitrogen and oxygen atoms in total. The average Bonchev–Trinajstić information content (AvgIpc) is 2.70. The molecule has 28 heavy (non-hydrogen) atoms. The van der Waals surface area contributed by atoms with E-state index in [4.69, 9.17) is 16.3 Å². The fourth-order valence-electron chi connectivity index (χ4n) is 3.79. The Morgan fingerprint density at radius 3 is 2.46 bits per heavy atom. The van der Waals surface area contributed by atoms with Gasteiger partial charge in [0.25, 0.3) is 5.91 Å². The Labute approximate surface area is 167 Å². The summed E-state index contributed by atoms with van der Waals surface area (Å²) >= 11 is 6.40. The lowest BCUT2D eigenvalue weighted by atomic mass is 9.77. The van der Waals surface area contributed by atoms with Crippen molar-refractivity contribution in [2.24, 2.45) is 0 Å². The van der Waals surface area contributed by atoms with Crippen molar-refractivity contribution in [2.75, 3.05) is 0 Å². The number of amides is 1. The van der Waals surface area contributed by atoms with Gasteiger partial charge in [0.15, 0.2) is 5.78 Å². The Balaban J connectivity index is 1.78. The molecular formula is C22H18ClNO4. The molecule has 2 aromatic rings. The molecule has 2 unspecified atom stereocenters. The summed E-state index contributed by atoms with van der Waals surface area (Å²) in [7, 11) is 0. The molecule has 6 heteroatoms. The zero-order chi connectivity index (χ0) is 19.7. The van der Waals surface area contributed by atoms with Gasteiger partial charge in [0.1, 0.15) is 11.8 Å². The second-order valence-corrected chi connectivity index (χ2v) is 7.26. The van der Waals surface area contributed by atoms with Crippen LogP contribution in [0.2, 0.25) is 5.02 Å². The lowest BCUT2D eigenvalue weighted by Gasteiger charge is -2.36. The number of rotatable bonds is 3. The molecular weight excluding hydrogens is 378 g/mol. The van der Waals surface area contributed by atoms with Crippen molar-refractivity contribution in [1.82, 2.24) is 5.32 Å². The van der Waals surface area contributed by atoms with E-state index in [9.17, 15) is 14.4 Å². The molecule has 0 fully saturated rings. The molecule has 0 saturated carbocycles.